The van der Waals surface area contributed by atoms with E-state index >= 15 is 0 Å². The minimum Gasteiger partial charge on any atom is -0.398 e. The molecule has 0 amide bonds. The molecule has 1 aromatic rings. The van der Waals surface area contributed by atoms with Crippen molar-refractivity contribution >= 4 is 5.69 Å². The van der Waals surface area contributed by atoms with Crippen LogP contribution in [-0.4, -0.2) is 0 Å². The Morgan fingerprint density at radius 3 is 2.39 bits per heavy atom. The van der Waals surface area contributed by atoms with E-state index < -0.39 is 11.7 Å². The fraction of sp³-hybridized carbons (Fsp3) is 0.429. The number of nitrogens with two attached hydrogens (primary N) is 1. The van der Waals surface area contributed by atoms with Gasteiger partial charge in [-0.2, -0.15) is 13.2 Å². The first-order valence-corrected chi connectivity index (χ1v) is 5.95. The summed E-state index contributed by atoms with van der Waals surface area (Å²) in [6.45, 7) is 0. The lowest BCUT2D eigenvalue weighted by atomic mass is 10.1. The third kappa shape index (κ3) is 2.98. The number of benzene rings is 1. The maximum absolute atomic E-state index is 12.4. The van der Waals surface area contributed by atoms with E-state index in [-0.39, 0.29) is 5.69 Å². The van der Waals surface area contributed by atoms with E-state index in [1.54, 1.807) is 0 Å². The number of alkyl halides is 3. The molecule has 2 rings (SSSR count). The SMILES string of the molecule is Nc1cc(C(F)(F)F)ccc1C#CC1CCCC1. The molecule has 0 saturated heterocycles. The summed E-state index contributed by atoms with van der Waals surface area (Å²) >= 11 is 0. The fourth-order valence-corrected chi connectivity index (χ4v) is 2.10. The molecule has 1 aliphatic rings. The number of anilines is 1. The van der Waals surface area contributed by atoms with Gasteiger partial charge in [-0.25, -0.2) is 0 Å². The Hall–Kier alpha value is -1.63. The quantitative estimate of drug-likeness (QED) is 0.552. The molecule has 1 aromatic carbocycles. The Labute approximate surface area is 104 Å². The van der Waals surface area contributed by atoms with Crippen LogP contribution in [0.4, 0.5) is 18.9 Å². The summed E-state index contributed by atoms with van der Waals surface area (Å²) < 4.78 is 37.3. The van der Waals surface area contributed by atoms with Gasteiger partial charge in [0, 0.05) is 17.2 Å². The molecule has 0 radical (unpaired) electrons. The van der Waals surface area contributed by atoms with Crippen molar-refractivity contribution in [2.24, 2.45) is 5.92 Å². The number of rotatable bonds is 0. The lowest BCUT2D eigenvalue weighted by molar-refractivity contribution is -0.137. The Bertz CT molecular complexity index is 488. The third-order valence-electron chi connectivity index (χ3n) is 3.15. The predicted octanol–water partition coefficient (Wildman–Crippen LogP) is 3.83. The number of nitrogen functional groups attached to an aromatic ring is 1. The van der Waals surface area contributed by atoms with Gasteiger partial charge in [0.2, 0.25) is 0 Å². The fourth-order valence-electron chi connectivity index (χ4n) is 2.10. The van der Waals surface area contributed by atoms with E-state index in [1.165, 1.54) is 18.9 Å². The van der Waals surface area contributed by atoms with Gasteiger partial charge >= 0.3 is 6.18 Å². The van der Waals surface area contributed by atoms with E-state index in [0.29, 0.717) is 11.5 Å². The third-order valence-corrected chi connectivity index (χ3v) is 3.15. The van der Waals surface area contributed by atoms with Crippen molar-refractivity contribution in [3.8, 4) is 11.8 Å². The van der Waals surface area contributed by atoms with Crippen LogP contribution in [0.25, 0.3) is 0 Å². The summed E-state index contributed by atoms with van der Waals surface area (Å²) in [7, 11) is 0. The van der Waals surface area contributed by atoms with Gasteiger partial charge in [-0.15, -0.1) is 0 Å². The lowest BCUT2D eigenvalue weighted by Gasteiger charge is -2.08. The summed E-state index contributed by atoms with van der Waals surface area (Å²) in [6.07, 6.45) is 0.163. The molecule has 0 unspecified atom stereocenters. The molecule has 1 fully saturated rings. The number of hydrogen-bond donors (Lipinski definition) is 1. The second-order valence-electron chi connectivity index (χ2n) is 4.55. The van der Waals surface area contributed by atoms with Gasteiger partial charge in [0.05, 0.1) is 5.56 Å². The second kappa shape index (κ2) is 4.93. The van der Waals surface area contributed by atoms with Crippen molar-refractivity contribution in [1.29, 1.82) is 0 Å². The molecule has 0 spiro atoms. The zero-order valence-corrected chi connectivity index (χ0v) is 9.85. The van der Waals surface area contributed by atoms with Crippen LogP contribution < -0.4 is 5.73 Å². The summed E-state index contributed by atoms with van der Waals surface area (Å²) in [6, 6.07) is 3.31. The highest BCUT2D eigenvalue weighted by atomic mass is 19.4. The van der Waals surface area contributed by atoms with Crippen molar-refractivity contribution < 1.29 is 13.2 Å². The number of halogens is 3. The van der Waals surface area contributed by atoms with Gasteiger partial charge in [0.25, 0.3) is 0 Å². The summed E-state index contributed by atoms with van der Waals surface area (Å²) in [5, 5.41) is 0. The van der Waals surface area contributed by atoms with E-state index in [1.807, 2.05) is 0 Å². The molecule has 1 nitrogen and oxygen atoms in total. The van der Waals surface area contributed by atoms with Gasteiger partial charge in [-0.05, 0) is 31.0 Å². The van der Waals surface area contributed by atoms with Crippen LogP contribution in [0.1, 0.15) is 36.8 Å². The molecule has 96 valence electrons. The molecule has 18 heavy (non-hydrogen) atoms. The molecule has 0 atom stereocenters. The standard InChI is InChI=1S/C14H14F3N/c15-14(16,17)12-8-7-11(13(18)9-12)6-5-10-3-1-2-4-10/h7-10H,1-4,18H2. The second-order valence-corrected chi connectivity index (χ2v) is 4.55. The minimum atomic E-state index is -4.36. The van der Waals surface area contributed by atoms with Gasteiger partial charge in [-0.1, -0.05) is 24.7 Å². The predicted molar refractivity (Wildman–Crippen MR) is 64.7 cm³/mol. The molecule has 4 heteroatoms. The molecule has 0 bridgehead atoms. The Morgan fingerprint density at radius 2 is 1.83 bits per heavy atom. The number of hydrogen-bond acceptors (Lipinski definition) is 1. The topological polar surface area (TPSA) is 26.0 Å². The highest BCUT2D eigenvalue weighted by molar-refractivity contribution is 5.57. The smallest absolute Gasteiger partial charge is 0.398 e. The summed E-state index contributed by atoms with van der Waals surface area (Å²) in [5.41, 5.74) is 5.44. The van der Waals surface area contributed by atoms with Crippen molar-refractivity contribution in [1.82, 2.24) is 0 Å². The lowest BCUT2D eigenvalue weighted by Crippen LogP contribution is -2.06. The van der Waals surface area contributed by atoms with Gasteiger partial charge in [0.15, 0.2) is 0 Å². The van der Waals surface area contributed by atoms with Gasteiger partial charge in [0.1, 0.15) is 0 Å². The monoisotopic (exact) mass is 253 g/mol. The Morgan fingerprint density at radius 1 is 1.17 bits per heavy atom. The summed E-state index contributed by atoms with van der Waals surface area (Å²) in [4.78, 5) is 0. The normalized spacial score (nSPS) is 16.4. The maximum Gasteiger partial charge on any atom is 0.416 e. The van der Waals surface area contributed by atoms with E-state index in [0.717, 1.165) is 25.0 Å². The molecular weight excluding hydrogens is 239 g/mol. The minimum absolute atomic E-state index is 0.0929. The zero-order valence-electron chi connectivity index (χ0n) is 9.85. The maximum atomic E-state index is 12.4. The average Bonchev–Trinajstić information content (AvgIpc) is 2.79. The van der Waals surface area contributed by atoms with Crippen LogP contribution in [0, 0.1) is 17.8 Å². The largest absolute Gasteiger partial charge is 0.416 e. The zero-order chi connectivity index (χ0) is 13.2. The molecule has 1 saturated carbocycles. The van der Waals surface area contributed by atoms with Crippen molar-refractivity contribution in [3.63, 3.8) is 0 Å². The summed E-state index contributed by atoms with van der Waals surface area (Å²) in [5.74, 6) is 6.34. The van der Waals surface area contributed by atoms with Crippen LogP contribution in [-0.2, 0) is 6.18 Å². The molecule has 1 aliphatic carbocycles. The van der Waals surface area contributed by atoms with Crippen molar-refractivity contribution in [3.05, 3.63) is 29.3 Å². The van der Waals surface area contributed by atoms with Crippen molar-refractivity contribution in [2.45, 2.75) is 31.9 Å². The highest BCUT2D eigenvalue weighted by Gasteiger charge is 2.30. The average molecular weight is 253 g/mol. The first kappa shape index (κ1) is 12.8. The van der Waals surface area contributed by atoms with Crippen molar-refractivity contribution in [2.75, 3.05) is 5.73 Å². The molecule has 0 aromatic heterocycles. The molecular formula is C14H14F3N. The first-order chi connectivity index (χ1) is 8.47. The van der Waals surface area contributed by atoms with Gasteiger partial charge < -0.3 is 5.73 Å². The molecule has 0 aliphatic heterocycles. The van der Waals surface area contributed by atoms with Crippen LogP contribution in [0.3, 0.4) is 0 Å². The molecule has 2 N–H and O–H groups in total. The highest BCUT2D eigenvalue weighted by Crippen LogP contribution is 2.31. The van der Waals surface area contributed by atoms with E-state index in [9.17, 15) is 13.2 Å². The Balaban J connectivity index is 2.19. The van der Waals surface area contributed by atoms with Gasteiger partial charge in [-0.3, -0.25) is 0 Å². The first-order valence-electron chi connectivity index (χ1n) is 5.95. The van der Waals surface area contributed by atoms with E-state index in [4.69, 9.17) is 5.73 Å². The molecule has 0 heterocycles. The van der Waals surface area contributed by atoms with Crippen LogP contribution in [0.2, 0.25) is 0 Å². The van der Waals surface area contributed by atoms with Crippen LogP contribution in [0.15, 0.2) is 18.2 Å². The van der Waals surface area contributed by atoms with Crippen LogP contribution >= 0.6 is 0 Å². The van der Waals surface area contributed by atoms with E-state index in [2.05, 4.69) is 11.8 Å². The van der Waals surface area contributed by atoms with Crippen LogP contribution in [0.5, 0.6) is 0 Å². The Kier molecular flexibility index (Phi) is 3.51.